The summed E-state index contributed by atoms with van der Waals surface area (Å²) >= 11 is 0. The van der Waals surface area contributed by atoms with E-state index in [1.807, 2.05) is 20.8 Å². The van der Waals surface area contributed by atoms with Crippen molar-refractivity contribution in [1.29, 1.82) is 0 Å². The predicted octanol–water partition coefficient (Wildman–Crippen LogP) is 0.741. The Morgan fingerprint density at radius 2 is 1.85 bits per heavy atom. The van der Waals surface area contributed by atoms with Crippen molar-refractivity contribution in [2.75, 3.05) is 44.2 Å². The number of β-amino-alcohol motifs (C(OH)–C–C–N with tert-alkyl or cyclic N) is 1. The number of hydrogen-bond donors (Lipinski definition) is 1. The van der Waals surface area contributed by atoms with Crippen LogP contribution < -0.4 is 4.90 Å². The van der Waals surface area contributed by atoms with Crippen molar-refractivity contribution >= 4 is 17.7 Å². The van der Waals surface area contributed by atoms with Gasteiger partial charge in [-0.3, -0.25) is 4.79 Å². The summed E-state index contributed by atoms with van der Waals surface area (Å²) in [5, 5.41) is 17.5. The number of rotatable bonds is 2. The maximum absolute atomic E-state index is 12.5. The van der Waals surface area contributed by atoms with Crippen molar-refractivity contribution in [2.24, 2.45) is 0 Å². The minimum Gasteiger partial charge on any atom is -0.444 e. The molecule has 1 N–H and O–H groups in total. The molecule has 0 aliphatic carbocycles. The second kappa shape index (κ2) is 7.67. The van der Waals surface area contributed by atoms with Gasteiger partial charge in [-0.2, -0.15) is 5.10 Å². The van der Waals surface area contributed by atoms with Crippen molar-refractivity contribution in [3.8, 4) is 0 Å². The zero-order valence-electron chi connectivity index (χ0n) is 16.1. The zero-order chi connectivity index (χ0) is 19.6. The largest absolute Gasteiger partial charge is 0.444 e. The van der Waals surface area contributed by atoms with Gasteiger partial charge in [0, 0.05) is 39.3 Å². The summed E-state index contributed by atoms with van der Waals surface area (Å²) in [4.78, 5) is 30.1. The second-order valence-corrected chi connectivity index (χ2v) is 7.95. The smallest absolute Gasteiger partial charge is 0.410 e. The zero-order valence-corrected chi connectivity index (χ0v) is 16.1. The van der Waals surface area contributed by atoms with Gasteiger partial charge < -0.3 is 24.5 Å². The lowest BCUT2D eigenvalue weighted by molar-refractivity contribution is 0.0240. The molecule has 1 unspecified atom stereocenters. The average molecular weight is 377 g/mol. The number of hydrogen-bond acceptors (Lipinski definition) is 7. The van der Waals surface area contributed by atoms with Crippen LogP contribution >= 0.6 is 0 Å². The van der Waals surface area contributed by atoms with Gasteiger partial charge in [0.2, 0.25) is 0 Å². The number of aliphatic hydroxyl groups excluding tert-OH is 1. The van der Waals surface area contributed by atoms with E-state index >= 15 is 0 Å². The summed E-state index contributed by atoms with van der Waals surface area (Å²) in [5.41, 5.74) is 0.565. The molecule has 3 rings (SSSR count). The molecule has 148 valence electrons. The highest BCUT2D eigenvalue weighted by Gasteiger charge is 2.28. The molecule has 3 heterocycles. The van der Waals surface area contributed by atoms with Gasteiger partial charge >= 0.3 is 6.09 Å². The van der Waals surface area contributed by atoms with E-state index in [9.17, 15) is 14.7 Å². The Morgan fingerprint density at radius 3 is 2.44 bits per heavy atom. The van der Waals surface area contributed by atoms with Gasteiger partial charge in [-0.25, -0.2) is 4.79 Å². The molecule has 1 aromatic heterocycles. The molecule has 2 saturated heterocycles. The molecule has 0 spiro atoms. The number of piperazine rings is 1. The van der Waals surface area contributed by atoms with Crippen molar-refractivity contribution in [1.82, 2.24) is 20.0 Å². The highest BCUT2D eigenvalue weighted by atomic mass is 16.6. The topological polar surface area (TPSA) is 99.1 Å². The van der Waals surface area contributed by atoms with E-state index in [1.54, 1.807) is 22.1 Å². The van der Waals surface area contributed by atoms with Crippen LogP contribution in [0.3, 0.4) is 0 Å². The predicted molar refractivity (Wildman–Crippen MR) is 98.6 cm³/mol. The number of amides is 2. The quantitative estimate of drug-likeness (QED) is 0.811. The molecule has 27 heavy (non-hydrogen) atoms. The van der Waals surface area contributed by atoms with Crippen LogP contribution in [0.1, 0.15) is 37.7 Å². The van der Waals surface area contributed by atoms with Crippen LogP contribution in [0.25, 0.3) is 0 Å². The summed E-state index contributed by atoms with van der Waals surface area (Å²) in [7, 11) is 0. The number of likely N-dealkylation sites (tertiary alicyclic amines) is 1. The molecule has 9 heteroatoms. The van der Waals surface area contributed by atoms with Crippen molar-refractivity contribution in [2.45, 2.75) is 38.9 Å². The monoisotopic (exact) mass is 377 g/mol. The Hall–Kier alpha value is -2.42. The van der Waals surface area contributed by atoms with Gasteiger partial charge in [-0.05, 0) is 33.3 Å². The Morgan fingerprint density at radius 1 is 1.15 bits per heavy atom. The Balaban J connectivity index is 1.60. The van der Waals surface area contributed by atoms with Gasteiger partial charge in [0.25, 0.3) is 5.91 Å². The van der Waals surface area contributed by atoms with Crippen LogP contribution in [-0.4, -0.2) is 88.1 Å². The van der Waals surface area contributed by atoms with E-state index in [-0.39, 0.29) is 17.7 Å². The third-order valence-corrected chi connectivity index (χ3v) is 4.61. The van der Waals surface area contributed by atoms with Crippen LogP contribution in [0.4, 0.5) is 10.5 Å². The first-order valence-corrected chi connectivity index (χ1v) is 9.26. The number of carbonyl (C=O) groups is 2. The minimum atomic E-state index is -0.512. The number of aliphatic hydroxyl groups is 1. The van der Waals surface area contributed by atoms with Crippen LogP contribution in [0.2, 0.25) is 0 Å². The molecule has 2 amide bonds. The van der Waals surface area contributed by atoms with Gasteiger partial charge in [0.15, 0.2) is 5.69 Å². The summed E-state index contributed by atoms with van der Waals surface area (Å²) in [6.07, 6.45) is 1.44. The molecule has 2 aliphatic rings. The third kappa shape index (κ3) is 4.85. The fraction of sp³-hybridized carbons (Fsp3) is 0.667. The normalized spacial score (nSPS) is 20.7. The minimum absolute atomic E-state index is 0.215. The van der Waals surface area contributed by atoms with E-state index in [4.69, 9.17) is 4.74 Å². The molecule has 0 aromatic carbocycles. The van der Waals surface area contributed by atoms with Crippen molar-refractivity contribution in [3.05, 3.63) is 18.0 Å². The lowest BCUT2D eigenvalue weighted by Crippen LogP contribution is -2.50. The Labute approximate surface area is 158 Å². The van der Waals surface area contributed by atoms with Crippen LogP contribution in [0.5, 0.6) is 0 Å². The summed E-state index contributed by atoms with van der Waals surface area (Å²) in [5.74, 6) is -0.215. The maximum Gasteiger partial charge on any atom is 0.410 e. The summed E-state index contributed by atoms with van der Waals surface area (Å²) < 4.78 is 5.41. The van der Waals surface area contributed by atoms with Crippen LogP contribution in [0, 0.1) is 0 Å². The highest BCUT2D eigenvalue weighted by Crippen LogP contribution is 2.19. The molecule has 9 nitrogen and oxygen atoms in total. The average Bonchev–Trinajstić information content (AvgIpc) is 3.06. The molecular formula is C18H27N5O4. The van der Waals surface area contributed by atoms with Gasteiger partial charge in [-0.15, -0.1) is 5.10 Å². The fourth-order valence-electron chi connectivity index (χ4n) is 3.20. The lowest BCUT2D eigenvalue weighted by Gasteiger charge is -2.36. The van der Waals surface area contributed by atoms with E-state index in [0.29, 0.717) is 45.7 Å². The van der Waals surface area contributed by atoms with E-state index in [1.165, 1.54) is 0 Å². The first-order valence-electron chi connectivity index (χ1n) is 9.26. The summed E-state index contributed by atoms with van der Waals surface area (Å²) in [6, 6.07) is 1.73. The number of nitrogens with zero attached hydrogens (tertiary/aromatic N) is 5. The molecule has 0 bridgehead atoms. The Kier molecular flexibility index (Phi) is 5.50. The molecule has 1 aromatic rings. The van der Waals surface area contributed by atoms with Gasteiger partial charge in [0.1, 0.15) is 5.60 Å². The lowest BCUT2D eigenvalue weighted by atomic mass is 10.2. The van der Waals surface area contributed by atoms with E-state index in [0.717, 1.165) is 5.69 Å². The number of carbonyl (C=O) groups excluding carboxylic acids is 2. The second-order valence-electron chi connectivity index (χ2n) is 7.95. The molecule has 2 aliphatic heterocycles. The summed E-state index contributed by atoms with van der Waals surface area (Å²) in [6.45, 7) is 8.74. The third-order valence-electron chi connectivity index (χ3n) is 4.61. The van der Waals surface area contributed by atoms with Gasteiger partial charge in [0.05, 0.1) is 18.0 Å². The highest BCUT2D eigenvalue weighted by molar-refractivity contribution is 5.93. The van der Waals surface area contributed by atoms with Crippen molar-refractivity contribution < 1.29 is 19.4 Å². The first-order chi connectivity index (χ1) is 12.7. The molecule has 2 fully saturated rings. The number of aromatic nitrogens is 2. The van der Waals surface area contributed by atoms with Crippen LogP contribution in [-0.2, 0) is 4.74 Å². The van der Waals surface area contributed by atoms with Crippen LogP contribution in [0.15, 0.2) is 12.3 Å². The van der Waals surface area contributed by atoms with E-state index < -0.39 is 11.7 Å². The molecule has 0 radical (unpaired) electrons. The standard InChI is InChI=1S/C18H27N5O4/c1-18(2,3)27-17(26)22-8-6-21(7-9-22)13-10-15(20-19-11-13)16(25)23-5-4-14(24)12-23/h10-11,14,24H,4-9,12H2,1-3H3. The van der Waals surface area contributed by atoms with E-state index in [2.05, 4.69) is 15.1 Å². The molecule has 0 saturated carbocycles. The molecular weight excluding hydrogens is 350 g/mol. The SMILES string of the molecule is CC(C)(C)OC(=O)N1CCN(c2cnnc(C(=O)N3CCC(O)C3)c2)CC1. The number of anilines is 1. The Bertz CT molecular complexity index is 697. The van der Waals surface area contributed by atoms with Crippen molar-refractivity contribution in [3.63, 3.8) is 0 Å². The van der Waals surface area contributed by atoms with Gasteiger partial charge in [-0.1, -0.05) is 0 Å². The molecule has 1 atom stereocenters. The first kappa shape index (κ1) is 19.3. The maximum atomic E-state index is 12.5. The fourth-order valence-corrected chi connectivity index (χ4v) is 3.20. The number of ether oxygens (including phenoxy) is 1.